The predicted molar refractivity (Wildman–Crippen MR) is 53.7 cm³/mol. The number of esters is 1. The van der Waals surface area contributed by atoms with Crippen LogP contribution >= 0.6 is 0 Å². The number of oxime groups is 1. The first kappa shape index (κ1) is 11.0. The number of methoxy groups -OCH3 is 2. The van der Waals surface area contributed by atoms with Crippen molar-refractivity contribution in [2.45, 2.75) is 0 Å². The van der Waals surface area contributed by atoms with Crippen LogP contribution in [0.25, 0.3) is 0 Å². The average Bonchev–Trinajstić information content (AvgIpc) is 2.28. The lowest BCUT2D eigenvalue weighted by atomic mass is 10.1. The van der Waals surface area contributed by atoms with Crippen molar-refractivity contribution >= 4 is 12.2 Å². The largest absolute Gasteiger partial charge is 0.496 e. The number of carbonyl (C=O) groups excluding carboxylic acids is 1. The normalized spacial score (nSPS) is 10.3. The van der Waals surface area contributed by atoms with Gasteiger partial charge in [0.15, 0.2) is 0 Å². The fraction of sp³-hybridized carbons (Fsp3) is 0.200. The first-order valence-corrected chi connectivity index (χ1v) is 4.16. The fourth-order valence-corrected chi connectivity index (χ4v) is 1.14. The third kappa shape index (κ3) is 2.46. The van der Waals surface area contributed by atoms with Gasteiger partial charge < -0.3 is 14.7 Å². The molecule has 1 N–H and O–H groups in total. The summed E-state index contributed by atoms with van der Waals surface area (Å²) in [7, 11) is 2.75. The maximum atomic E-state index is 11.3. The molecule has 0 bridgehead atoms. The molecule has 0 atom stereocenters. The molecular formula is C10H11NO4. The highest BCUT2D eigenvalue weighted by molar-refractivity contribution is 5.95. The van der Waals surface area contributed by atoms with Gasteiger partial charge in [-0.15, -0.1) is 0 Å². The van der Waals surface area contributed by atoms with Crippen molar-refractivity contribution in [3.8, 4) is 5.75 Å². The zero-order chi connectivity index (χ0) is 11.3. The van der Waals surface area contributed by atoms with Crippen molar-refractivity contribution in [3.05, 3.63) is 29.3 Å². The molecule has 0 saturated carbocycles. The first-order chi connectivity index (χ1) is 7.22. The number of hydrogen-bond donors (Lipinski definition) is 1. The van der Waals surface area contributed by atoms with Gasteiger partial charge in [0.2, 0.25) is 0 Å². The molecule has 5 nitrogen and oxygen atoms in total. The van der Waals surface area contributed by atoms with Crippen LogP contribution in [0.2, 0.25) is 0 Å². The molecule has 0 radical (unpaired) electrons. The maximum Gasteiger partial charge on any atom is 0.341 e. The third-order valence-electron chi connectivity index (χ3n) is 1.84. The van der Waals surface area contributed by atoms with Crippen molar-refractivity contribution in [1.29, 1.82) is 0 Å². The molecule has 0 unspecified atom stereocenters. The summed E-state index contributed by atoms with van der Waals surface area (Å²) in [6, 6.07) is 4.78. The van der Waals surface area contributed by atoms with E-state index in [4.69, 9.17) is 9.94 Å². The number of rotatable bonds is 3. The molecule has 1 aromatic rings. The summed E-state index contributed by atoms with van der Waals surface area (Å²) in [6.45, 7) is 0. The summed E-state index contributed by atoms with van der Waals surface area (Å²) >= 11 is 0. The molecule has 80 valence electrons. The SMILES string of the molecule is COC(=O)c1cc(/C=N/O)ccc1OC. The Morgan fingerprint density at radius 3 is 2.73 bits per heavy atom. The van der Waals surface area contributed by atoms with E-state index < -0.39 is 5.97 Å². The van der Waals surface area contributed by atoms with Crippen LogP contribution in [-0.4, -0.2) is 31.6 Å². The van der Waals surface area contributed by atoms with Crippen LogP contribution in [-0.2, 0) is 4.74 Å². The van der Waals surface area contributed by atoms with E-state index in [2.05, 4.69) is 9.89 Å². The zero-order valence-electron chi connectivity index (χ0n) is 8.43. The van der Waals surface area contributed by atoms with Crippen LogP contribution in [0.5, 0.6) is 5.75 Å². The summed E-state index contributed by atoms with van der Waals surface area (Å²) in [6.07, 6.45) is 1.21. The van der Waals surface area contributed by atoms with Crippen molar-refractivity contribution in [3.63, 3.8) is 0 Å². The molecule has 0 amide bonds. The number of ether oxygens (including phenoxy) is 2. The van der Waals surface area contributed by atoms with Gasteiger partial charge in [-0.1, -0.05) is 5.16 Å². The molecule has 1 rings (SSSR count). The molecule has 0 heterocycles. The molecule has 0 aliphatic rings. The molecule has 0 aromatic heterocycles. The lowest BCUT2D eigenvalue weighted by molar-refractivity contribution is 0.0597. The standard InChI is InChI=1S/C10H11NO4/c1-14-9-4-3-7(6-11-13)5-8(9)10(12)15-2/h3-6,13H,1-2H3/b11-6+. The van der Waals surface area contributed by atoms with Gasteiger partial charge in [-0.3, -0.25) is 0 Å². The van der Waals surface area contributed by atoms with Crippen LogP contribution in [0.4, 0.5) is 0 Å². The smallest absolute Gasteiger partial charge is 0.341 e. The lowest BCUT2D eigenvalue weighted by Gasteiger charge is -2.06. The first-order valence-electron chi connectivity index (χ1n) is 4.16. The second-order valence-electron chi connectivity index (χ2n) is 2.70. The summed E-state index contributed by atoms with van der Waals surface area (Å²) in [5.74, 6) is -0.0861. The summed E-state index contributed by atoms with van der Waals surface area (Å²) in [4.78, 5) is 11.3. The molecule has 5 heteroatoms. The van der Waals surface area contributed by atoms with Crippen molar-refractivity contribution < 1.29 is 19.5 Å². The van der Waals surface area contributed by atoms with E-state index in [1.807, 2.05) is 0 Å². The molecule has 0 spiro atoms. The van der Waals surface area contributed by atoms with Gasteiger partial charge in [-0.05, 0) is 23.8 Å². The highest BCUT2D eigenvalue weighted by Gasteiger charge is 2.12. The van der Waals surface area contributed by atoms with E-state index in [9.17, 15) is 4.79 Å². The molecule has 0 aliphatic carbocycles. The number of hydrogen-bond acceptors (Lipinski definition) is 5. The molecule has 0 saturated heterocycles. The lowest BCUT2D eigenvalue weighted by Crippen LogP contribution is -2.04. The van der Waals surface area contributed by atoms with Gasteiger partial charge in [-0.25, -0.2) is 4.79 Å². The Bertz CT molecular complexity index is 387. The predicted octanol–water partition coefficient (Wildman–Crippen LogP) is 1.29. The van der Waals surface area contributed by atoms with Gasteiger partial charge >= 0.3 is 5.97 Å². The van der Waals surface area contributed by atoms with Crippen molar-refractivity contribution in [1.82, 2.24) is 0 Å². The summed E-state index contributed by atoms with van der Waals surface area (Å²) in [5.41, 5.74) is 0.871. The zero-order valence-corrected chi connectivity index (χ0v) is 8.43. The van der Waals surface area contributed by atoms with Gasteiger partial charge in [0.1, 0.15) is 11.3 Å². The Kier molecular flexibility index (Phi) is 3.68. The minimum atomic E-state index is -0.500. The Labute approximate surface area is 86.9 Å². The second-order valence-corrected chi connectivity index (χ2v) is 2.70. The average molecular weight is 209 g/mol. The molecular weight excluding hydrogens is 198 g/mol. The van der Waals surface area contributed by atoms with Gasteiger partial charge in [0.05, 0.1) is 20.4 Å². The monoisotopic (exact) mass is 209 g/mol. The molecule has 1 aromatic carbocycles. The van der Waals surface area contributed by atoms with E-state index in [0.717, 1.165) is 0 Å². The van der Waals surface area contributed by atoms with Gasteiger partial charge in [0, 0.05) is 0 Å². The quantitative estimate of drug-likeness (QED) is 0.352. The van der Waals surface area contributed by atoms with Crippen molar-refractivity contribution in [2.75, 3.05) is 14.2 Å². The molecule has 0 fully saturated rings. The van der Waals surface area contributed by atoms with Crippen LogP contribution in [0.3, 0.4) is 0 Å². The summed E-state index contributed by atoms with van der Waals surface area (Å²) in [5, 5.41) is 11.2. The maximum absolute atomic E-state index is 11.3. The fourth-order valence-electron chi connectivity index (χ4n) is 1.14. The summed E-state index contributed by atoms with van der Waals surface area (Å²) < 4.78 is 9.58. The van der Waals surface area contributed by atoms with E-state index in [1.165, 1.54) is 26.5 Å². The number of benzene rings is 1. The topological polar surface area (TPSA) is 68.1 Å². The Hall–Kier alpha value is -2.04. The molecule has 0 aliphatic heterocycles. The Morgan fingerprint density at radius 1 is 1.47 bits per heavy atom. The third-order valence-corrected chi connectivity index (χ3v) is 1.84. The van der Waals surface area contributed by atoms with Gasteiger partial charge in [0.25, 0.3) is 0 Å². The highest BCUT2D eigenvalue weighted by atomic mass is 16.5. The number of nitrogens with zero attached hydrogens (tertiary/aromatic N) is 1. The van der Waals surface area contributed by atoms with Crippen LogP contribution < -0.4 is 4.74 Å². The second kappa shape index (κ2) is 4.99. The van der Waals surface area contributed by atoms with E-state index in [1.54, 1.807) is 12.1 Å². The number of carbonyl (C=O) groups is 1. The van der Waals surface area contributed by atoms with E-state index in [-0.39, 0.29) is 5.56 Å². The van der Waals surface area contributed by atoms with Gasteiger partial charge in [-0.2, -0.15) is 0 Å². The van der Waals surface area contributed by atoms with Crippen LogP contribution in [0.1, 0.15) is 15.9 Å². The highest BCUT2D eigenvalue weighted by Crippen LogP contribution is 2.19. The minimum absolute atomic E-state index is 0.289. The van der Waals surface area contributed by atoms with Crippen LogP contribution in [0, 0.1) is 0 Å². The minimum Gasteiger partial charge on any atom is -0.496 e. The van der Waals surface area contributed by atoms with E-state index >= 15 is 0 Å². The Balaban J connectivity index is 3.18. The Morgan fingerprint density at radius 2 is 2.20 bits per heavy atom. The van der Waals surface area contributed by atoms with E-state index in [0.29, 0.717) is 11.3 Å². The van der Waals surface area contributed by atoms with Crippen molar-refractivity contribution in [2.24, 2.45) is 5.16 Å². The van der Waals surface area contributed by atoms with Crippen LogP contribution in [0.15, 0.2) is 23.4 Å². The molecule has 15 heavy (non-hydrogen) atoms.